The Bertz CT molecular complexity index is 472. The first-order chi connectivity index (χ1) is 8.05. The van der Waals surface area contributed by atoms with Crippen molar-refractivity contribution in [3.8, 4) is 5.75 Å². The molecule has 0 aliphatic heterocycles. The number of benzene rings is 1. The number of nitrogens with one attached hydrogen (secondary N) is 2. The second-order valence-corrected chi connectivity index (χ2v) is 5.33. The molecule has 17 heavy (non-hydrogen) atoms. The molecule has 0 saturated carbocycles. The van der Waals surface area contributed by atoms with Crippen molar-refractivity contribution in [1.82, 2.24) is 10.0 Å². The maximum Gasteiger partial charge on any atom is 0.244 e. The summed E-state index contributed by atoms with van der Waals surface area (Å²) in [7, 11) is -0.658. The van der Waals surface area contributed by atoms with Crippen LogP contribution in [0.5, 0.6) is 5.75 Å². The minimum atomic E-state index is -3.49. The molecule has 0 bridgehead atoms. The lowest BCUT2D eigenvalue weighted by Crippen LogP contribution is -2.20. The summed E-state index contributed by atoms with van der Waals surface area (Å²) in [6.45, 7) is 3.46. The summed E-state index contributed by atoms with van der Waals surface area (Å²) in [6, 6.07) is 5.13. The maximum absolute atomic E-state index is 11.8. The lowest BCUT2D eigenvalue weighted by molar-refractivity contribution is 0.402. The van der Waals surface area contributed by atoms with Crippen LogP contribution in [0.2, 0.25) is 0 Å². The van der Waals surface area contributed by atoms with Crippen LogP contribution < -0.4 is 14.8 Å². The largest absolute Gasteiger partial charge is 0.495 e. The van der Waals surface area contributed by atoms with E-state index in [2.05, 4.69) is 10.0 Å². The Morgan fingerprint density at radius 1 is 1.35 bits per heavy atom. The van der Waals surface area contributed by atoms with E-state index in [0.717, 1.165) is 12.1 Å². The lowest BCUT2D eigenvalue weighted by atomic mass is 10.2. The summed E-state index contributed by atoms with van der Waals surface area (Å²) in [4.78, 5) is 0.165. The predicted molar refractivity (Wildman–Crippen MR) is 66.6 cm³/mol. The Kier molecular flexibility index (Phi) is 4.92. The van der Waals surface area contributed by atoms with Crippen LogP contribution in [0.25, 0.3) is 0 Å². The molecule has 0 amide bonds. The highest BCUT2D eigenvalue weighted by molar-refractivity contribution is 7.89. The minimum absolute atomic E-state index is 0.165. The molecule has 0 heterocycles. The molecule has 0 spiro atoms. The van der Waals surface area contributed by atoms with Crippen LogP contribution in [-0.2, 0) is 16.6 Å². The minimum Gasteiger partial charge on any atom is -0.495 e. The predicted octanol–water partition coefficient (Wildman–Crippen LogP) is 0.713. The van der Waals surface area contributed by atoms with E-state index >= 15 is 0 Å². The molecule has 0 atom stereocenters. The van der Waals surface area contributed by atoms with Gasteiger partial charge in [-0.3, -0.25) is 0 Å². The Balaban J connectivity index is 3.16. The highest BCUT2D eigenvalue weighted by Crippen LogP contribution is 2.24. The molecule has 96 valence electrons. The highest BCUT2D eigenvalue weighted by Gasteiger charge is 2.17. The van der Waals surface area contributed by atoms with E-state index in [1.54, 1.807) is 12.1 Å². The first kappa shape index (κ1) is 14.0. The van der Waals surface area contributed by atoms with Gasteiger partial charge in [0.15, 0.2) is 0 Å². The van der Waals surface area contributed by atoms with Gasteiger partial charge in [-0.15, -0.1) is 0 Å². The van der Waals surface area contributed by atoms with Crippen molar-refractivity contribution >= 4 is 10.0 Å². The fourth-order valence-corrected chi connectivity index (χ4v) is 2.36. The van der Waals surface area contributed by atoms with Crippen LogP contribution in [0, 0.1) is 0 Å². The van der Waals surface area contributed by atoms with Crippen LogP contribution in [0.4, 0.5) is 0 Å². The first-order valence-corrected chi connectivity index (χ1v) is 6.84. The van der Waals surface area contributed by atoms with E-state index in [9.17, 15) is 8.42 Å². The molecule has 0 aliphatic carbocycles. The Hall–Kier alpha value is -1.11. The third-order valence-corrected chi connectivity index (χ3v) is 3.80. The molecule has 1 aromatic carbocycles. The SMILES string of the molecule is CCNCc1ccc(OC)c(S(=O)(=O)NC)c1. The highest BCUT2D eigenvalue weighted by atomic mass is 32.2. The molecule has 1 aromatic rings. The van der Waals surface area contributed by atoms with Crippen molar-refractivity contribution in [2.45, 2.75) is 18.4 Å². The van der Waals surface area contributed by atoms with Crippen LogP contribution in [0.15, 0.2) is 23.1 Å². The third-order valence-electron chi connectivity index (χ3n) is 2.37. The van der Waals surface area contributed by atoms with Crippen molar-refractivity contribution in [2.75, 3.05) is 20.7 Å². The van der Waals surface area contributed by atoms with Gasteiger partial charge in [0, 0.05) is 6.54 Å². The first-order valence-electron chi connectivity index (χ1n) is 5.36. The smallest absolute Gasteiger partial charge is 0.244 e. The van der Waals surface area contributed by atoms with Crippen molar-refractivity contribution < 1.29 is 13.2 Å². The number of hydrogen-bond acceptors (Lipinski definition) is 4. The zero-order valence-electron chi connectivity index (χ0n) is 10.3. The van der Waals surface area contributed by atoms with Crippen LogP contribution in [-0.4, -0.2) is 29.1 Å². The molecular weight excluding hydrogens is 240 g/mol. The topological polar surface area (TPSA) is 67.4 Å². The van der Waals surface area contributed by atoms with E-state index in [4.69, 9.17) is 4.74 Å². The van der Waals surface area contributed by atoms with E-state index < -0.39 is 10.0 Å². The van der Waals surface area contributed by atoms with Gasteiger partial charge in [0.1, 0.15) is 10.6 Å². The average Bonchev–Trinajstić information content (AvgIpc) is 2.36. The molecule has 1 rings (SSSR count). The normalized spacial score (nSPS) is 11.5. The fourth-order valence-electron chi connectivity index (χ4n) is 1.42. The van der Waals surface area contributed by atoms with Gasteiger partial charge in [0.05, 0.1) is 7.11 Å². The molecular formula is C11H18N2O3S. The second kappa shape index (κ2) is 6.00. The number of ether oxygens (including phenoxy) is 1. The fraction of sp³-hybridized carbons (Fsp3) is 0.455. The van der Waals surface area contributed by atoms with Crippen molar-refractivity contribution in [2.24, 2.45) is 0 Å². The van der Waals surface area contributed by atoms with Crippen LogP contribution in [0.1, 0.15) is 12.5 Å². The monoisotopic (exact) mass is 258 g/mol. The summed E-state index contributed by atoms with van der Waals surface area (Å²) in [5.74, 6) is 0.347. The molecule has 0 unspecified atom stereocenters. The third kappa shape index (κ3) is 3.42. The van der Waals surface area contributed by atoms with Gasteiger partial charge in [-0.25, -0.2) is 13.1 Å². The van der Waals surface area contributed by atoms with Gasteiger partial charge in [-0.2, -0.15) is 0 Å². The molecule has 0 radical (unpaired) electrons. The van der Waals surface area contributed by atoms with Crippen molar-refractivity contribution in [1.29, 1.82) is 0 Å². The summed E-state index contributed by atoms with van der Waals surface area (Å²) in [5, 5.41) is 3.14. The maximum atomic E-state index is 11.8. The van der Waals surface area contributed by atoms with Crippen LogP contribution >= 0.6 is 0 Å². The van der Waals surface area contributed by atoms with E-state index in [1.165, 1.54) is 14.2 Å². The van der Waals surface area contributed by atoms with Gasteiger partial charge in [-0.05, 0) is 31.3 Å². The number of rotatable bonds is 6. The van der Waals surface area contributed by atoms with E-state index in [1.807, 2.05) is 13.0 Å². The van der Waals surface area contributed by atoms with Gasteiger partial charge < -0.3 is 10.1 Å². The van der Waals surface area contributed by atoms with E-state index in [0.29, 0.717) is 12.3 Å². The zero-order chi connectivity index (χ0) is 12.9. The van der Waals surface area contributed by atoms with Gasteiger partial charge in [0.25, 0.3) is 0 Å². The lowest BCUT2D eigenvalue weighted by Gasteiger charge is -2.11. The molecule has 5 nitrogen and oxygen atoms in total. The quantitative estimate of drug-likeness (QED) is 0.788. The van der Waals surface area contributed by atoms with Gasteiger partial charge in [-0.1, -0.05) is 13.0 Å². The zero-order valence-corrected chi connectivity index (χ0v) is 11.1. The van der Waals surface area contributed by atoms with E-state index in [-0.39, 0.29) is 4.90 Å². The summed E-state index contributed by atoms with van der Waals surface area (Å²) < 4.78 is 30.9. The number of sulfonamides is 1. The number of hydrogen-bond donors (Lipinski definition) is 2. The standard InChI is InChI=1S/C11H18N2O3S/c1-4-13-8-9-5-6-10(16-3)11(7-9)17(14,15)12-2/h5-7,12-13H,4,8H2,1-3H3. The van der Waals surface area contributed by atoms with Crippen LogP contribution in [0.3, 0.4) is 0 Å². The summed E-state index contributed by atoms with van der Waals surface area (Å²) in [6.07, 6.45) is 0. The molecule has 6 heteroatoms. The molecule has 0 saturated heterocycles. The summed E-state index contributed by atoms with van der Waals surface area (Å²) >= 11 is 0. The Labute approximate surface area is 102 Å². The average molecular weight is 258 g/mol. The summed E-state index contributed by atoms with van der Waals surface area (Å²) in [5.41, 5.74) is 0.904. The molecule has 2 N–H and O–H groups in total. The Morgan fingerprint density at radius 3 is 2.59 bits per heavy atom. The Morgan fingerprint density at radius 2 is 2.06 bits per heavy atom. The van der Waals surface area contributed by atoms with Gasteiger partial charge in [0.2, 0.25) is 10.0 Å². The van der Waals surface area contributed by atoms with Crippen molar-refractivity contribution in [3.05, 3.63) is 23.8 Å². The second-order valence-electron chi connectivity index (χ2n) is 3.47. The van der Waals surface area contributed by atoms with Crippen molar-refractivity contribution in [3.63, 3.8) is 0 Å². The molecule has 0 aliphatic rings. The van der Waals surface area contributed by atoms with Gasteiger partial charge >= 0.3 is 0 Å². The molecule has 0 fully saturated rings. The molecule has 0 aromatic heterocycles. The number of methoxy groups -OCH3 is 1.